The Kier molecular flexibility index (Phi) is 3.09. The van der Waals surface area contributed by atoms with Gasteiger partial charge in [-0.1, -0.05) is 48.5 Å². The fourth-order valence-corrected chi connectivity index (χ4v) is 3.20. The summed E-state index contributed by atoms with van der Waals surface area (Å²) in [5.41, 5.74) is 4.37. The number of hydrogen-bond acceptors (Lipinski definition) is 1. The quantitative estimate of drug-likeness (QED) is 0.771. The standard InChI is InChI=1S/C18H19NO/c1-12-8-7-11-15-16(12)18(20)19(3)13(2)17(15)14-9-5-4-6-10-14/h4-11,13,17H,1-3H3. The highest BCUT2D eigenvalue weighted by atomic mass is 16.2. The molecule has 2 unspecified atom stereocenters. The number of benzene rings is 2. The van der Waals surface area contributed by atoms with Crippen LogP contribution in [0.15, 0.2) is 48.5 Å². The second-order valence-corrected chi connectivity index (χ2v) is 5.58. The van der Waals surface area contributed by atoms with Gasteiger partial charge < -0.3 is 4.90 Å². The number of rotatable bonds is 1. The molecule has 0 aliphatic carbocycles. The second kappa shape index (κ2) is 4.78. The van der Waals surface area contributed by atoms with Crippen molar-refractivity contribution in [2.45, 2.75) is 25.8 Å². The van der Waals surface area contributed by atoms with E-state index in [9.17, 15) is 4.79 Å². The van der Waals surface area contributed by atoms with E-state index >= 15 is 0 Å². The molecule has 0 saturated carbocycles. The molecule has 3 rings (SSSR count). The molecule has 102 valence electrons. The van der Waals surface area contributed by atoms with Gasteiger partial charge in [-0.3, -0.25) is 4.79 Å². The zero-order chi connectivity index (χ0) is 14.3. The number of carbonyl (C=O) groups excluding carboxylic acids is 1. The van der Waals surface area contributed by atoms with Crippen LogP contribution in [-0.2, 0) is 0 Å². The first-order valence-corrected chi connectivity index (χ1v) is 7.03. The predicted molar refractivity (Wildman–Crippen MR) is 81.0 cm³/mol. The molecule has 0 bridgehead atoms. The summed E-state index contributed by atoms with van der Waals surface area (Å²) in [6.45, 7) is 4.14. The van der Waals surface area contributed by atoms with Crippen molar-refractivity contribution in [2.75, 3.05) is 7.05 Å². The Morgan fingerprint density at radius 3 is 2.40 bits per heavy atom. The molecule has 1 aliphatic rings. The maximum Gasteiger partial charge on any atom is 0.254 e. The molecule has 0 saturated heterocycles. The Labute approximate surface area is 120 Å². The highest BCUT2D eigenvalue weighted by Gasteiger charge is 2.36. The summed E-state index contributed by atoms with van der Waals surface area (Å²) in [6.07, 6.45) is 0. The van der Waals surface area contributed by atoms with Gasteiger partial charge in [0.2, 0.25) is 0 Å². The molecule has 20 heavy (non-hydrogen) atoms. The van der Waals surface area contributed by atoms with Crippen LogP contribution in [0, 0.1) is 6.92 Å². The summed E-state index contributed by atoms with van der Waals surface area (Å²) >= 11 is 0. The number of amides is 1. The lowest BCUT2D eigenvalue weighted by molar-refractivity contribution is 0.0704. The molecule has 2 aromatic carbocycles. The maximum atomic E-state index is 12.6. The molecular weight excluding hydrogens is 246 g/mol. The SMILES string of the molecule is Cc1cccc2c1C(=O)N(C)C(C)C2c1ccccc1. The predicted octanol–water partition coefficient (Wildman–Crippen LogP) is 3.60. The zero-order valence-electron chi connectivity index (χ0n) is 12.1. The van der Waals surface area contributed by atoms with E-state index in [2.05, 4.69) is 43.3 Å². The molecule has 1 aliphatic heterocycles. The Hall–Kier alpha value is -2.09. The maximum absolute atomic E-state index is 12.6. The normalized spacial score (nSPS) is 21.8. The molecule has 1 amide bonds. The molecule has 2 nitrogen and oxygen atoms in total. The van der Waals surface area contributed by atoms with Gasteiger partial charge in [0.1, 0.15) is 0 Å². The van der Waals surface area contributed by atoms with Crippen molar-refractivity contribution in [3.63, 3.8) is 0 Å². The summed E-state index contributed by atoms with van der Waals surface area (Å²) in [7, 11) is 1.90. The van der Waals surface area contributed by atoms with E-state index in [-0.39, 0.29) is 17.9 Å². The molecule has 2 aromatic rings. The van der Waals surface area contributed by atoms with Gasteiger partial charge in [-0.15, -0.1) is 0 Å². The van der Waals surface area contributed by atoms with Crippen molar-refractivity contribution in [2.24, 2.45) is 0 Å². The third-order valence-corrected chi connectivity index (χ3v) is 4.43. The van der Waals surface area contributed by atoms with E-state index < -0.39 is 0 Å². The molecule has 0 spiro atoms. The average molecular weight is 265 g/mol. The van der Waals surface area contributed by atoms with Crippen molar-refractivity contribution in [3.05, 3.63) is 70.8 Å². The van der Waals surface area contributed by atoms with Crippen LogP contribution in [-0.4, -0.2) is 23.9 Å². The topological polar surface area (TPSA) is 20.3 Å². The lowest BCUT2D eigenvalue weighted by atomic mass is 9.78. The van der Waals surface area contributed by atoms with Gasteiger partial charge in [-0.05, 0) is 30.5 Å². The number of nitrogens with zero attached hydrogens (tertiary/aromatic N) is 1. The van der Waals surface area contributed by atoms with Crippen molar-refractivity contribution in [1.29, 1.82) is 0 Å². The third-order valence-electron chi connectivity index (χ3n) is 4.43. The molecule has 1 heterocycles. The summed E-state index contributed by atoms with van der Waals surface area (Å²) in [4.78, 5) is 14.4. The minimum atomic E-state index is 0.137. The van der Waals surface area contributed by atoms with Crippen LogP contribution in [0.25, 0.3) is 0 Å². The Bertz CT molecular complexity index is 648. The molecule has 0 radical (unpaired) electrons. The number of fused-ring (bicyclic) bond motifs is 1. The van der Waals surface area contributed by atoms with Crippen molar-refractivity contribution in [3.8, 4) is 0 Å². The van der Waals surface area contributed by atoms with Crippen molar-refractivity contribution >= 4 is 5.91 Å². The summed E-state index contributed by atoms with van der Waals surface area (Å²) in [5.74, 6) is 0.381. The Balaban J connectivity index is 2.23. The first-order valence-electron chi connectivity index (χ1n) is 7.03. The molecule has 0 fully saturated rings. The Morgan fingerprint density at radius 1 is 1.00 bits per heavy atom. The van der Waals surface area contributed by atoms with Crippen molar-refractivity contribution < 1.29 is 4.79 Å². The lowest BCUT2D eigenvalue weighted by Gasteiger charge is -2.39. The van der Waals surface area contributed by atoms with Gasteiger partial charge in [0, 0.05) is 24.6 Å². The lowest BCUT2D eigenvalue weighted by Crippen LogP contribution is -2.44. The zero-order valence-corrected chi connectivity index (χ0v) is 12.1. The third kappa shape index (κ3) is 1.83. The molecular formula is C18H19NO. The van der Waals surface area contributed by atoms with E-state index in [1.807, 2.05) is 31.0 Å². The highest BCUT2D eigenvalue weighted by Crippen LogP contribution is 2.38. The first-order chi connectivity index (χ1) is 9.61. The largest absolute Gasteiger partial charge is 0.338 e. The molecule has 0 N–H and O–H groups in total. The number of carbonyl (C=O) groups is 1. The fraction of sp³-hybridized carbons (Fsp3) is 0.278. The van der Waals surface area contributed by atoms with Crippen LogP contribution < -0.4 is 0 Å². The Morgan fingerprint density at radius 2 is 1.70 bits per heavy atom. The fourth-order valence-electron chi connectivity index (χ4n) is 3.20. The first kappa shape index (κ1) is 12.9. The van der Waals surface area contributed by atoms with Gasteiger partial charge >= 0.3 is 0 Å². The van der Waals surface area contributed by atoms with Gasteiger partial charge in [0.15, 0.2) is 0 Å². The van der Waals surface area contributed by atoms with Crippen LogP contribution >= 0.6 is 0 Å². The van der Waals surface area contributed by atoms with E-state index in [0.29, 0.717) is 0 Å². The van der Waals surface area contributed by atoms with Crippen LogP contribution in [0.2, 0.25) is 0 Å². The monoisotopic (exact) mass is 265 g/mol. The summed E-state index contributed by atoms with van der Waals surface area (Å²) in [6, 6.07) is 16.8. The van der Waals surface area contributed by atoms with Crippen LogP contribution in [0.3, 0.4) is 0 Å². The average Bonchev–Trinajstić information content (AvgIpc) is 2.46. The van der Waals surface area contributed by atoms with E-state index in [1.54, 1.807) is 0 Å². The minimum Gasteiger partial charge on any atom is -0.338 e. The van der Waals surface area contributed by atoms with Crippen molar-refractivity contribution in [1.82, 2.24) is 4.90 Å². The van der Waals surface area contributed by atoms with Crippen LogP contribution in [0.5, 0.6) is 0 Å². The van der Waals surface area contributed by atoms with E-state index in [1.165, 1.54) is 5.56 Å². The van der Waals surface area contributed by atoms with Gasteiger partial charge in [-0.2, -0.15) is 0 Å². The molecule has 2 atom stereocenters. The molecule has 2 heteroatoms. The van der Waals surface area contributed by atoms with Crippen LogP contribution in [0.4, 0.5) is 0 Å². The number of hydrogen-bond donors (Lipinski definition) is 0. The number of aryl methyl sites for hydroxylation is 1. The molecule has 0 aromatic heterocycles. The van der Waals surface area contributed by atoms with E-state index in [0.717, 1.165) is 16.7 Å². The van der Waals surface area contributed by atoms with Gasteiger partial charge in [0.05, 0.1) is 0 Å². The highest BCUT2D eigenvalue weighted by molar-refractivity contribution is 5.99. The second-order valence-electron chi connectivity index (χ2n) is 5.58. The van der Waals surface area contributed by atoms with Gasteiger partial charge in [-0.25, -0.2) is 0 Å². The van der Waals surface area contributed by atoms with Gasteiger partial charge in [0.25, 0.3) is 5.91 Å². The smallest absolute Gasteiger partial charge is 0.254 e. The summed E-state index contributed by atoms with van der Waals surface area (Å²) < 4.78 is 0. The van der Waals surface area contributed by atoms with E-state index in [4.69, 9.17) is 0 Å². The van der Waals surface area contributed by atoms with Crippen LogP contribution in [0.1, 0.15) is 39.9 Å². The number of likely N-dealkylation sites (N-methyl/N-ethyl adjacent to an activating group) is 1. The minimum absolute atomic E-state index is 0.137. The summed E-state index contributed by atoms with van der Waals surface area (Å²) in [5, 5.41) is 0.